The molecule has 15 heavy (non-hydrogen) atoms. The predicted octanol–water partition coefficient (Wildman–Crippen LogP) is 3.59. The predicted molar refractivity (Wildman–Crippen MR) is 65.4 cm³/mol. The van der Waals surface area contributed by atoms with Crippen LogP contribution in [0.25, 0.3) is 10.1 Å². The summed E-state index contributed by atoms with van der Waals surface area (Å²) in [5.41, 5.74) is 0.729. The normalized spacial score (nSPS) is 10.2. The molecule has 0 aliphatic rings. The Morgan fingerprint density at radius 1 is 1.40 bits per heavy atom. The van der Waals surface area contributed by atoms with E-state index in [1.807, 2.05) is 29.6 Å². The first-order valence-electron chi connectivity index (χ1n) is 4.30. The Labute approximate surface area is 96.2 Å². The second-order valence-electron chi connectivity index (χ2n) is 3.03. The quantitative estimate of drug-likeness (QED) is 0.795. The van der Waals surface area contributed by atoms with Crippen molar-refractivity contribution >= 4 is 44.6 Å². The van der Waals surface area contributed by atoms with Crippen LogP contribution in [0, 0.1) is 0 Å². The third kappa shape index (κ3) is 2.19. The van der Waals surface area contributed by atoms with Gasteiger partial charge >= 0.3 is 0 Å². The Morgan fingerprint density at radius 2 is 2.20 bits per heavy atom. The van der Waals surface area contributed by atoms with Crippen LogP contribution in [-0.2, 0) is 4.79 Å². The standard InChI is InChI=1S/C11H8ClNOS/c1-7(12)11(14)13-9-2-3-10-8(6-9)4-5-15-10/h2-6H,1H2,(H,13,14). The van der Waals surface area contributed by atoms with Crippen LogP contribution in [0.3, 0.4) is 0 Å². The van der Waals surface area contributed by atoms with Gasteiger partial charge in [-0.25, -0.2) is 0 Å². The van der Waals surface area contributed by atoms with Crippen molar-refractivity contribution in [3.05, 3.63) is 41.3 Å². The summed E-state index contributed by atoms with van der Waals surface area (Å²) in [6, 6.07) is 7.72. The molecule has 1 heterocycles. The lowest BCUT2D eigenvalue weighted by molar-refractivity contribution is -0.112. The Balaban J connectivity index is 2.28. The van der Waals surface area contributed by atoms with E-state index in [1.54, 1.807) is 11.3 Å². The maximum Gasteiger partial charge on any atom is 0.266 e. The molecule has 4 heteroatoms. The summed E-state index contributed by atoms with van der Waals surface area (Å²) in [5.74, 6) is -0.369. The van der Waals surface area contributed by atoms with Crippen molar-refractivity contribution in [1.82, 2.24) is 0 Å². The van der Waals surface area contributed by atoms with E-state index in [1.165, 1.54) is 4.70 Å². The van der Waals surface area contributed by atoms with E-state index in [4.69, 9.17) is 11.6 Å². The monoisotopic (exact) mass is 237 g/mol. The second-order valence-corrected chi connectivity index (χ2v) is 4.44. The van der Waals surface area contributed by atoms with Gasteiger partial charge in [0.2, 0.25) is 0 Å². The van der Waals surface area contributed by atoms with E-state index in [2.05, 4.69) is 11.9 Å². The summed E-state index contributed by atoms with van der Waals surface area (Å²) < 4.78 is 1.19. The third-order valence-corrected chi connectivity index (χ3v) is 3.03. The van der Waals surface area contributed by atoms with Gasteiger partial charge in [-0.2, -0.15) is 0 Å². The molecule has 0 aliphatic heterocycles. The zero-order valence-corrected chi connectivity index (χ0v) is 9.36. The molecule has 0 atom stereocenters. The Morgan fingerprint density at radius 3 is 2.93 bits per heavy atom. The number of thiophene rings is 1. The van der Waals surface area contributed by atoms with Crippen LogP contribution in [0.2, 0.25) is 0 Å². The lowest BCUT2D eigenvalue weighted by atomic mass is 10.2. The van der Waals surface area contributed by atoms with E-state index >= 15 is 0 Å². The molecule has 0 radical (unpaired) electrons. The fourth-order valence-corrected chi connectivity index (χ4v) is 2.06. The van der Waals surface area contributed by atoms with Crippen LogP contribution in [0.1, 0.15) is 0 Å². The summed E-state index contributed by atoms with van der Waals surface area (Å²) in [6.45, 7) is 3.36. The van der Waals surface area contributed by atoms with Crippen LogP contribution in [0.4, 0.5) is 5.69 Å². The highest BCUT2D eigenvalue weighted by molar-refractivity contribution is 7.17. The van der Waals surface area contributed by atoms with Gasteiger partial charge in [0.15, 0.2) is 0 Å². The first-order valence-corrected chi connectivity index (χ1v) is 5.55. The molecule has 0 bridgehead atoms. The van der Waals surface area contributed by atoms with Gasteiger partial charge in [-0.05, 0) is 35.0 Å². The molecule has 2 rings (SSSR count). The molecule has 1 aromatic heterocycles. The number of carbonyl (C=O) groups excluding carboxylic acids is 1. The number of fused-ring (bicyclic) bond motifs is 1. The number of halogens is 1. The number of nitrogens with one attached hydrogen (secondary N) is 1. The molecule has 0 fully saturated rings. The molecule has 0 saturated heterocycles. The van der Waals surface area contributed by atoms with Crippen LogP contribution in [-0.4, -0.2) is 5.91 Å². The number of benzene rings is 1. The van der Waals surface area contributed by atoms with Crippen LogP contribution >= 0.6 is 22.9 Å². The van der Waals surface area contributed by atoms with Crippen LogP contribution in [0.15, 0.2) is 41.3 Å². The highest BCUT2D eigenvalue weighted by Crippen LogP contribution is 2.24. The molecule has 0 spiro atoms. The van der Waals surface area contributed by atoms with Crippen molar-refractivity contribution in [2.24, 2.45) is 0 Å². The van der Waals surface area contributed by atoms with Crippen molar-refractivity contribution in [1.29, 1.82) is 0 Å². The number of hydrogen-bond acceptors (Lipinski definition) is 2. The lowest BCUT2D eigenvalue weighted by Crippen LogP contribution is -2.10. The summed E-state index contributed by atoms with van der Waals surface area (Å²) in [6.07, 6.45) is 0. The van der Waals surface area contributed by atoms with E-state index in [0.29, 0.717) is 0 Å². The molecule has 76 valence electrons. The summed E-state index contributed by atoms with van der Waals surface area (Å²) in [4.78, 5) is 11.2. The second kappa shape index (κ2) is 4.04. The van der Waals surface area contributed by atoms with Gasteiger partial charge in [-0.15, -0.1) is 11.3 Å². The number of amides is 1. The van der Waals surface area contributed by atoms with Crippen LogP contribution in [0.5, 0.6) is 0 Å². The maximum absolute atomic E-state index is 11.2. The largest absolute Gasteiger partial charge is 0.321 e. The Bertz CT molecular complexity index is 532. The Hall–Kier alpha value is -1.32. The zero-order chi connectivity index (χ0) is 10.8. The number of hydrogen-bond donors (Lipinski definition) is 1. The SMILES string of the molecule is C=C(Cl)C(=O)Nc1ccc2sccc2c1. The van der Waals surface area contributed by atoms with Crippen molar-refractivity contribution in [2.75, 3.05) is 5.32 Å². The molecule has 2 aromatic rings. The van der Waals surface area contributed by atoms with Gasteiger partial charge < -0.3 is 5.32 Å². The summed E-state index contributed by atoms with van der Waals surface area (Å²) in [5, 5.41) is 5.76. The molecule has 0 unspecified atom stereocenters. The summed E-state index contributed by atoms with van der Waals surface area (Å²) >= 11 is 7.14. The number of rotatable bonds is 2. The molecule has 1 amide bonds. The average Bonchev–Trinajstić information content (AvgIpc) is 2.64. The minimum atomic E-state index is -0.369. The van der Waals surface area contributed by atoms with Crippen molar-refractivity contribution in [2.45, 2.75) is 0 Å². The molecule has 1 aromatic carbocycles. The van der Waals surface area contributed by atoms with Crippen LogP contribution < -0.4 is 5.32 Å². The average molecular weight is 238 g/mol. The molecule has 0 saturated carbocycles. The number of carbonyl (C=O) groups is 1. The van der Waals surface area contributed by atoms with E-state index < -0.39 is 0 Å². The van der Waals surface area contributed by atoms with E-state index in [-0.39, 0.29) is 10.9 Å². The molecular weight excluding hydrogens is 230 g/mol. The fourth-order valence-electron chi connectivity index (χ4n) is 1.24. The van der Waals surface area contributed by atoms with Crippen molar-refractivity contribution in [3.8, 4) is 0 Å². The molecule has 2 nitrogen and oxygen atoms in total. The first-order chi connectivity index (χ1) is 7.16. The topological polar surface area (TPSA) is 29.1 Å². The van der Waals surface area contributed by atoms with Gasteiger partial charge in [0, 0.05) is 10.4 Å². The number of anilines is 1. The lowest BCUT2D eigenvalue weighted by Gasteiger charge is -2.03. The van der Waals surface area contributed by atoms with Gasteiger partial charge in [-0.3, -0.25) is 4.79 Å². The third-order valence-electron chi connectivity index (χ3n) is 1.96. The zero-order valence-electron chi connectivity index (χ0n) is 7.79. The first kappa shape index (κ1) is 10.2. The van der Waals surface area contributed by atoms with Gasteiger partial charge in [0.05, 0.1) is 5.03 Å². The maximum atomic E-state index is 11.2. The fraction of sp³-hybridized carbons (Fsp3) is 0. The highest BCUT2D eigenvalue weighted by Gasteiger charge is 2.04. The van der Waals surface area contributed by atoms with Gasteiger partial charge in [0.1, 0.15) is 0 Å². The smallest absolute Gasteiger partial charge is 0.266 e. The van der Waals surface area contributed by atoms with Crippen molar-refractivity contribution in [3.63, 3.8) is 0 Å². The molecule has 1 N–H and O–H groups in total. The minimum Gasteiger partial charge on any atom is -0.321 e. The van der Waals surface area contributed by atoms with Crippen molar-refractivity contribution < 1.29 is 4.79 Å². The Kier molecular flexibility index (Phi) is 2.75. The van der Waals surface area contributed by atoms with E-state index in [9.17, 15) is 4.79 Å². The minimum absolute atomic E-state index is 0.0135. The van der Waals surface area contributed by atoms with E-state index in [0.717, 1.165) is 11.1 Å². The molecule has 0 aliphatic carbocycles. The summed E-state index contributed by atoms with van der Waals surface area (Å²) in [7, 11) is 0. The molecular formula is C11H8ClNOS. The highest BCUT2D eigenvalue weighted by atomic mass is 35.5. The van der Waals surface area contributed by atoms with Gasteiger partial charge in [-0.1, -0.05) is 18.2 Å². The van der Waals surface area contributed by atoms with Gasteiger partial charge in [0.25, 0.3) is 5.91 Å².